The molecule has 0 bridgehead atoms. The lowest BCUT2D eigenvalue weighted by Gasteiger charge is -2.24. The summed E-state index contributed by atoms with van der Waals surface area (Å²) in [5, 5.41) is 5.58. The summed E-state index contributed by atoms with van der Waals surface area (Å²) in [6.07, 6.45) is 0. The maximum absolute atomic E-state index is 14.2. The van der Waals surface area contributed by atoms with Crippen molar-refractivity contribution in [1.82, 2.24) is 10.6 Å². The van der Waals surface area contributed by atoms with Crippen LogP contribution in [0.25, 0.3) is 0 Å². The van der Waals surface area contributed by atoms with E-state index in [9.17, 15) is 9.18 Å². The van der Waals surface area contributed by atoms with Crippen LogP contribution in [0, 0.1) is 5.82 Å². The van der Waals surface area contributed by atoms with Crippen LogP contribution in [0.4, 0.5) is 4.39 Å². The summed E-state index contributed by atoms with van der Waals surface area (Å²) < 4.78 is 19.3. The summed E-state index contributed by atoms with van der Waals surface area (Å²) in [7, 11) is 1.44. The Hall–Kier alpha value is -2.11. The Kier molecular flexibility index (Phi) is 3.65. The summed E-state index contributed by atoms with van der Waals surface area (Å²) in [5.41, 5.74) is -1.07. The molecule has 2 rings (SSSR count). The third-order valence-electron chi connectivity index (χ3n) is 3.14. The molecule has 1 aliphatic heterocycles. The highest BCUT2D eigenvalue weighted by Crippen LogP contribution is 2.34. The summed E-state index contributed by atoms with van der Waals surface area (Å²) in [5.74, 6) is -0.195. The Balaban J connectivity index is 2.49. The molecule has 1 aromatic rings. The Morgan fingerprint density at radius 3 is 2.70 bits per heavy atom. The van der Waals surface area contributed by atoms with E-state index in [2.05, 4.69) is 15.6 Å². The zero-order valence-corrected chi connectivity index (χ0v) is 12.0. The number of hydrogen-bond acceptors (Lipinski definition) is 3. The Morgan fingerprint density at radius 1 is 1.40 bits per heavy atom. The van der Waals surface area contributed by atoms with Crippen molar-refractivity contribution < 1.29 is 13.9 Å². The molecule has 0 aromatic heterocycles. The minimum absolute atomic E-state index is 0.0164. The second-order valence-corrected chi connectivity index (χ2v) is 5.09. The van der Waals surface area contributed by atoms with Crippen LogP contribution in [-0.4, -0.2) is 25.0 Å². The van der Waals surface area contributed by atoms with Crippen LogP contribution >= 0.6 is 0 Å². The van der Waals surface area contributed by atoms with Crippen molar-refractivity contribution in [2.24, 2.45) is 4.99 Å². The molecule has 20 heavy (non-hydrogen) atoms. The van der Waals surface area contributed by atoms with Gasteiger partial charge in [0.2, 0.25) is 0 Å². The molecule has 1 unspecified atom stereocenters. The third-order valence-corrected chi connectivity index (χ3v) is 3.14. The first kappa shape index (κ1) is 14.3. The highest BCUT2D eigenvalue weighted by Gasteiger charge is 2.46. The number of rotatable bonds is 3. The van der Waals surface area contributed by atoms with E-state index >= 15 is 0 Å². The molecule has 1 atom stereocenters. The predicted octanol–water partition coefficient (Wildman–Crippen LogP) is 1.53. The van der Waals surface area contributed by atoms with Gasteiger partial charge in [0.15, 0.2) is 5.96 Å². The van der Waals surface area contributed by atoms with Crippen molar-refractivity contribution in [3.63, 3.8) is 0 Å². The molecule has 6 heteroatoms. The van der Waals surface area contributed by atoms with Crippen molar-refractivity contribution in [3.8, 4) is 5.75 Å². The highest BCUT2D eigenvalue weighted by atomic mass is 19.1. The van der Waals surface area contributed by atoms with Gasteiger partial charge in [0.25, 0.3) is 5.91 Å². The number of nitrogens with zero attached hydrogens (tertiary/aromatic N) is 1. The van der Waals surface area contributed by atoms with Gasteiger partial charge in [-0.3, -0.25) is 15.1 Å². The number of carbonyl (C=O) groups excluding carboxylic acids is 1. The third kappa shape index (κ3) is 2.33. The molecule has 0 radical (unpaired) electrons. The lowest BCUT2D eigenvalue weighted by molar-refractivity contribution is -0.123. The van der Waals surface area contributed by atoms with Crippen LogP contribution in [0.5, 0.6) is 5.75 Å². The molecule has 2 N–H and O–H groups in total. The van der Waals surface area contributed by atoms with Gasteiger partial charge in [-0.25, -0.2) is 4.39 Å². The predicted molar refractivity (Wildman–Crippen MR) is 74.2 cm³/mol. The number of amides is 1. The number of ether oxygens (including phenoxy) is 1. The van der Waals surface area contributed by atoms with E-state index in [1.54, 1.807) is 13.0 Å². The van der Waals surface area contributed by atoms with E-state index in [0.29, 0.717) is 11.7 Å². The molecule has 1 fully saturated rings. The van der Waals surface area contributed by atoms with Gasteiger partial charge in [-0.15, -0.1) is 0 Å². The van der Waals surface area contributed by atoms with Gasteiger partial charge in [0.05, 0.1) is 12.7 Å². The first-order valence-corrected chi connectivity index (χ1v) is 6.39. The molecule has 1 saturated heterocycles. The van der Waals surface area contributed by atoms with Crippen molar-refractivity contribution in [2.75, 3.05) is 7.11 Å². The van der Waals surface area contributed by atoms with Crippen LogP contribution in [0.3, 0.4) is 0 Å². The van der Waals surface area contributed by atoms with E-state index in [0.717, 1.165) is 0 Å². The fourth-order valence-corrected chi connectivity index (χ4v) is 2.22. The van der Waals surface area contributed by atoms with E-state index in [4.69, 9.17) is 4.74 Å². The summed E-state index contributed by atoms with van der Waals surface area (Å²) in [4.78, 5) is 16.5. The van der Waals surface area contributed by atoms with Gasteiger partial charge in [-0.05, 0) is 32.9 Å². The molecule has 0 aliphatic carbocycles. The molecule has 0 saturated carbocycles. The molecular weight excluding hydrogens is 261 g/mol. The van der Waals surface area contributed by atoms with Crippen LogP contribution in [0.15, 0.2) is 23.2 Å². The minimum Gasteiger partial charge on any atom is -0.496 e. The molecule has 1 amide bonds. The van der Waals surface area contributed by atoms with E-state index in [1.165, 1.54) is 19.2 Å². The van der Waals surface area contributed by atoms with Gasteiger partial charge in [0.1, 0.15) is 17.1 Å². The lowest BCUT2D eigenvalue weighted by atomic mass is 9.91. The van der Waals surface area contributed by atoms with Crippen LogP contribution in [-0.2, 0) is 10.3 Å². The van der Waals surface area contributed by atoms with Crippen molar-refractivity contribution in [3.05, 3.63) is 29.6 Å². The van der Waals surface area contributed by atoms with E-state index in [1.807, 2.05) is 13.8 Å². The molecule has 1 heterocycles. The standard InChI is InChI=1S/C14H18FN3O2/c1-8(2)16-13-17-12(19)14(3,18-13)11-9(15)6-5-7-10(11)20-4/h5-8H,1-4H3,(H2,16,17,18,19). The summed E-state index contributed by atoms with van der Waals surface area (Å²) >= 11 is 0. The number of halogens is 1. The maximum atomic E-state index is 14.2. The van der Waals surface area contributed by atoms with Crippen LogP contribution in [0.2, 0.25) is 0 Å². The fourth-order valence-electron chi connectivity index (χ4n) is 2.22. The average Bonchev–Trinajstić information content (AvgIpc) is 2.63. The monoisotopic (exact) mass is 279 g/mol. The van der Waals surface area contributed by atoms with Crippen molar-refractivity contribution in [1.29, 1.82) is 0 Å². The number of nitrogens with one attached hydrogen (secondary N) is 2. The Labute approximate surface area is 117 Å². The number of methoxy groups -OCH3 is 1. The van der Waals surface area contributed by atoms with Gasteiger partial charge in [-0.1, -0.05) is 6.07 Å². The van der Waals surface area contributed by atoms with Gasteiger partial charge in [-0.2, -0.15) is 0 Å². The number of carbonyl (C=O) groups is 1. The fraction of sp³-hybridized carbons (Fsp3) is 0.429. The zero-order chi connectivity index (χ0) is 14.9. The first-order valence-electron chi connectivity index (χ1n) is 6.39. The molecular formula is C14H18FN3O2. The lowest BCUT2D eigenvalue weighted by Crippen LogP contribution is -2.42. The SMILES string of the molecule is COc1cccc(F)c1C1(C)NC(=NC(C)C)NC1=O. The van der Waals surface area contributed by atoms with Crippen LogP contribution in [0.1, 0.15) is 26.3 Å². The quantitative estimate of drug-likeness (QED) is 0.882. The maximum Gasteiger partial charge on any atom is 0.257 e. The largest absolute Gasteiger partial charge is 0.496 e. The van der Waals surface area contributed by atoms with Gasteiger partial charge >= 0.3 is 0 Å². The molecule has 1 aromatic carbocycles. The molecule has 0 spiro atoms. The van der Waals surface area contributed by atoms with Gasteiger partial charge < -0.3 is 10.1 Å². The smallest absolute Gasteiger partial charge is 0.257 e. The number of aliphatic imine (C=N–C) groups is 1. The second-order valence-electron chi connectivity index (χ2n) is 5.09. The molecule has 1 aliphatic rings. The number of hydrogen-bond donors (Lipinski definition) is 2. The molecule has 5 nitrogen and oxygen atoms in total. The van der Waals surface area contributed by atoms with Crippen molar-refractivity contribution >= 4 is 11.9 Å². The average molecular weight is 279 g/mol. The number of benzene rings is 1. The van der Waals surface area contributed by atoms with Crippen molar-refractivity contribution in [2.45, 2.75) is 32.4 Å². The topological polar surface area (TPSA) is 62.7 Å². The first-order chi connectivity index (χ1) is 9.38. The minimum atomic E-state index is -1.25. The van der Waals surface area contributed by atoms with Crippen LogP contribution < -0.4 is 15.4 Å². The summed E-state index contributed by atoms with van der Waals surface area (Å²) in [6, 6.07) is 4.48. The Bertz CT molecular complexity index is 572. The van der Waals surface area contributed by atoms with Gasteiger partial charge in [0, 0.05) is 6.04 Å². The normalized spacial score (nSPS) is 23.9. The Morgan fingerprint density at radius 2 is 2.10 bits per heavy atom. The van der Waals surface area contributed by atoms with E-state index < -0.39 is 11.4 Å². The summed E-state index contributed by atoms with van der Waals surface area (Å²) in [6.45, 7) is 5.38. The number of guanidine groups is 1. The van der Waals surface area contributed by atoms with E-state index in [-0.39, 0.29) is 17.5 Å². The highest BCUT2D eigenvalue weighted by molar-refractivity contribution is 6.09. The molecule has 108 valence electrons. The zero-order valence-electron chi connectivity index (χ0n) is 12.0. The second kappa shape index (κ2) is 5.11.